The molecule has 2 aromatic carbocycles. The van der Waals surface area contributed by atoms with Gasteiger partial charge in [-0.25, -0.2) is 4.79 Å². The van der Waals surface area contributed by atoms with Crippen LogP contribution < -0.4 is 5.63 Å². The Kier molecular flexibility index (Phi) is 4.60. The number of carbonyl (C=O) groups excluding carboxylic acids is 1. The molecule has 0 aliphatic carbocycles. The maximum Gasteiger partial charge on any atom is 0.340 e. The lowest BCUT2D eigenvalue weighted by atomic mass is 9.95. The standard InChI is InChI=1S/C18H12Cl2O4/c1-23-16(21)8-12-17(10-5-3-2-4-6-10)11-7-13(19)14(20)9-15(11)24-18(12)22/h2-7,9H,8H2,1H3. The molecule has 0 radical (unpaired) electrons. The predicted molar refractivity (Wildman–Crippen MR) is 93.7 cm³/mol. The topological polar surface area (TPSA) is 56.5 Å². The van der Waals surface area contributed by atoms with Crippen molar-refractivity contribution in [2.45, 2.75) is 6.42 Å². The van der Waals surface area contributed by atoms with E-state index in [0.29, 0.717) is 21.6 Å². The average molecular weight is 363 g/mol. The molecular weight excluding hydrogens is 351 g/mol. The Morgan fingerprint density at radius 1 is 1.12 bits per heavy atom. The Morgan fingerprint density at radius 3 is 2.46 bits per heavy atom. The van der Waals surface area contributed by atoms with Crippen LogP contribution in [-0.2, 0) is 16.0 Å². The fourth-order valence-electron chi connectivity index (χ4n) is 2.55. The van der Waals surface area contributed by atoms with E-state index in [1.165, 1.54) is 13.2 Å². The lowest BCUT2D eigenvalue weighted by Gasteiger charge is -2.12. The molecular formula is C18H12Cl2O4. The van der Waals surface area contributed by atoms with Gasteiger partial charge in [0.05, 0.1) is 29.1 Å². The van der Waals surface area contributed by atoms with Crippen LogP contribution in [-0.4, -0.2) is 13.1 Å². The number of hydrogen-bond acceptors (Lipinski definition) is 4. The molecule has 0 aliphatic rings. The molecule has 1 heterocycles. The number of fused-ring (bicyclic) bond motifs is 1. The number of halogens is 2. The minimum atomic E-state index is -0.606. The molecule has 122 valence electrons. The number of hydrogen-bond donors (Lipinski definition) is 0. The maximum absolute atomic E-state index is 12.4. The molecule has 0 spiro atoms. The molecule has 0 unspecified atom stereocenters. The van der Waals surface area contributed by atoms with E-state index in [1.54, 1.807) is 6.07 Å². The van der Waals surface area contributed by atoms with Crippen LogP contribution in [0.2, 0.25) is 10.0 Å². The molecule has 3 aromatic rings. The highest BCUT2D eigenvalue weighted by molar-refractivity contribution is 6.42. The second kappa shape index (κ2) is 6.67. The number of esters is 1. The highest BCUT2D eigenvalue weighted by Crippen LogP contribution is 2.35. The number of ether oxygens (including phenoxy) is 1. The first kappa shape index (κ1) is 16.6. The molecule has 0 saturated carbocycles. The van der Waals surface area contributed by atoms with Crippen molar-refractivity contribution < 1.29 is 13.9 Å². The van der Waals surface area contributed by atoms with E-state index in [-0.39, 0.29) is 17.0 Å². The van der Waals surface area contributed by atoms with E-state index in [1.807, 2.05) is 30.3 Å². The van der Waals surface area contributed by atoms with Crippen molar-refractivity contribution in [2.24, 2.45) is 0 Å². The lowest BCUT2D eigenvalue weighted by molar-refractivity contribution is -0.139. The van der Waals surface area contributed by atoms with Gasteiger partial charge in [-0.2, -0.15) is 0 Å². The Morgan fingerprint density at radius 2 is 1.79 bits per heavy atom. The molecule has 0 atom stereocenters. The van der Waals surface area contributed by atoms with Crippen molar-refractivity contribution in [3.8, 4) is 11.1 Å². The molecule has 24 heavy (non-hydrogen) atoms. The zero-order chi connectivity index (χ0) is 17.3. The summed E-state index contributed by atoms with van der Waals surface area (Å²) in [5, 5.41) is 1.22. The molecule has 0 amide bonds. The maximum atomic E-state index is 12.4. The third-order valence-electron chi connectivity index (χ3n) is 3.65. The van der Waals surface area contributed by atoms with Gasteiger partial charge in [-0.1, -0.05) is 53.5 Å². The number of rotatable bonds is 3. The summed E-state index contributed by atoms with van der Waals surface area (Å²) in [6.45, 7) is 0. The molecule has 4 nitrogen and oxygen atoms in total. The minimum absolute atomic E-state index is 0.195. The van der Waals surface area contributed by atoms with Crippen LogP contribution in [0.1, 0.15) is 5.56 Å². The molecule has 1 aromatic heterocycles. The molecule has 0 aliphatic heterocycles. The SMILES string of the molecule is COC(=O)Cc1c(-c2ccccc2)c2cc(Cl)c(Cl)cc2oc1=O. The number of methoxy groups -OCH3 is 1. The summed E-state index contributed by atoms with van der Waals surface area (Å²) in [4.78, 5) is 24.1. The summed E-state index contributed by atoms with van der Waals surface area (Å²) in [5.41, 5.74) is 1.28. The summed E-state index contributed by atoms with van der Waals surface area (Å²) >= 11 is 12.1. The molecule has 3 rings (SSSR count). The molecule has 0 fully saturated rings. The Labute approximate surface area is 147 Å². The van der Waals surface area contributed by atoms with Gasteiger partial charge in [0.1, 0.15) is 5.58 Å². The monoisotopic (exact) mass is 362 g/mol. The second-order valence-electron chi connectivity index (χ2n) is 5.12. The van der Waals surface area contributed by atoms with Crippen LogP contribution in [0.15, 0.2) is 51.7 Å². The predicted octanol–water partition coefficient (Wildman–Crippen LogP) is 4.48. The Bertz CT molecular complexity index is 978. The summed E-state index contributed by atoms with van der Waals surface area (Å²) in [6, 6.07) is 12.4. The first-order valence-corrected chi connectivity index (χ1v) is 7.84. The van der Waals surface area contributed by atoms with Gasteiger partial charge >= 0.3 is 11.6 Å². The van der Waals surface area contributed by atoms with Gasteiger partial charge in [0.25, 0.3) is 0 Å². The molecule has 0 bridgehead atoms. The normalized spacial score (nSPS) is 10.8. The van der Waals surface area contributed by atoms with Crippen molar-refractivity contribution >= 4 is 40.1 Å². The van der Waals surface area contributed by atoms with Crippen LogP contribution in [0.5, 0.6) is 0 Å². The third-order valence-corrected chi connectivity index (χ3v) is 4.38. The van der Waals surface area contributed by atoms with Crippen LogP contribution >= 0.6 is 23.2 Å². The third kappa shape index (κ3) is 3.03. The molecule has 0 saturated heterocycles. The van der Waals surface area contributed by atoms with Crippen LogP contribution in [0, 0.1) is 0 Å². The van der Waals surface area contributed by atoms with E-state index in [9.17, 15) is 9.59 Å². The first-order valence-electron chi connectivity index (χ1n) is 7.08. The summed E-state index contributed by atoms with van der Waals surface area (Å²) < 4.78 is 10.0. The van der Waals surface area contributed by atoms with Gasteiger partial charge in [0.2, 0.25) is 0 Å². The lowest BCUT2D eigenvalue weighted by Crippen LogP contribution is -2.16. The van der Waals surface area contributed by atoms with Gasteiger partial charge in [0, 0.05) is 17.0 Å². The van der Waals surface area contributed by atoms with Gasteiger partial charge in [0.15, 0.2) is 0 Å². The van der Waals surface area contributed by atoms with Crippen molar-refractivity contribution in [1.29, 1.82) is 0 Å². The van der Waals surface area contributed by atoms with E-state index >= 15 is 0 Å². The zero-order valence-corrected chi connectivity index (χ0v) is 14.1. The average Bonchev–Trinajstić information content (AvgIpc) is 2.58. The highest BCUT2D eigenvalue weighted by atomic mass is 35.5. The smallest absolute Gasteiger partial charge is 0.340 e. The number of benzene rings is 2. The highest BCUT2D eigenvalue weighted by Gasteiger charge is 2.20. The number of carbonyl (C=O) groups is 1. The van der Waals surface area contributed by atoms with E-state index in [4.69, 9.17) is 27.6 Å². The molecule has 0 N–H and O–H groups in total. The minimum Gasteiger partial charge on any atom is -0.469 e. The van der Waals surface area contributed by atoms with Crippen LogP contribution in [0.25, 0.3) is 22.1 Å². The Balaban J connectivity index is 2.41. The van der Waals surface area contributed by atoms with Crippen molar-refractivity contribution in [1.82, 2.24) is 0 Å². The van der Waals surface area contributed by atoms with Crippen molar-refractivity contribution in [3.05, 3.63) is 68.5 Å². The van der Waals surface area contributed by atoms with E-state index < -0.39 is 11.6 Å². The first-order chi connectivity index (χ1) is 11.5. The van der Waals surface area contributed by atoms with Gasteiger partial charge in [-0.15, -0.1) is 0 Å². The van der Waals surface area contributed by atoms with E-state index in [2.05, 4.69) is 4.74 Å². The largest absolute Gasteiger partial charge is 0.469 e. The summed E-state index contributed by atoms with van der Waals surface area (Å²) in [5.74, 6) is -0.529. The summed E-state index contributed by atoms with van der Waals surface area (Å²) in [7, 11) is 1.27. The summed E-state index contributed by atoms with van der Waals surface area (Å²) in [6.07, 6.45) is -0.195. The molecule has 6 heteroatoms. The van der Waals surface area contributed by atoms with Crippen molar-refractivity contribution in [2.75, 3.05) is 7.11 Å². The Hall–Kier alpha value is -2.30. The fourth-order valence-corrected chi connectivity index (χ4v) is 2.86. The quantitative estimate of drug-likeness (QED) is 0.509. The van der Waals surface area contributed by atoms with Gasteiger partial charge < -0.3 is 9.15 Å². The fraction of sp³-hybridized carbons (Fsp3) is 0.111. The second-order valence-corrected chi connectivity index (χ2v) is 5.94. The van der Waals surface area contributed by atoms with Gasteiger partial charge in [-0.05, 0) is 11.6 Å². The van der Waals surface area contributed by atoms with Crippen molar-refractivity contribution in [3.63, 3.8) is 0 Å². The van der Waals surface area contributed by atoms with Crippen LogP contribution in [0.4, 0.5) is 0 Å². The van der Waals surface area contributed by atoms with E-state index in [0.717, 1.165) is 5.56 Å². The van der Waals surface area contributed by atoms with Crippen LogP contribution in [0.3, 0.4) is 0 Å². The van der Waals surface area contributed by atoms with Gasteiger partial charge in [-0.3, -0.25) is 4.79 Å². The zero-order valence-electron chi connectivity index (χ0n) is 12.6.